The van der Waals surface area contributed by atoms with Gasteiger partial charge in [-0.3, -0.25) is 9.59 Å². The zero-order chi connectivity index (χ0) is 15.4. The van der Waals surface area contributed by atoms with Crippen LogP contribution in [0.1, 0.15) is 23.7 Å². The van der Waals surface area contributed by atoms with Gasteiger partial charge in [-0.15, -0.1) is 0 Å². The Balaban J connectivity index is 2.42. The third-order valence-corrected chi connectivity index (χ3v) is 3.52. The molecule has 0 amide bonds. The van der Waals surface area contributed by atoms with Crippen molar-refractivity contribution in [3.8, 4) is 5.75 Å². The predicted octanol–water partition coefficient (Wildman–Crippen LogP) is 3.23. The van der Waals surface area contributed by atoms with Gasteiger partial charge in [-0.2, -0.15) is 0 Å². The Morgan fingerprint density at radius 3 is 2.33 bits per heavy atom. The van der Waals surface area contributed by atoms with Crippen LogP contribution in [0.15, 0.2) is 36.4 Å². The molecule has 0 aromatic heterocycles. The molecule has 0 bridgehead atoms. The first-order valence-corrected chi connectivity index (χ1v) is 6.75. The monoisotopic (exact) mass is 286 g/mol. The molecule has 4 nitrogen and oxygen atoms in total. The third-order valence-electron chi connectivity index (χ3n) is 3.52. The Labute approximate surface area is 123 Å². The van der Waals surface area contributed by atoms with Gasteiger partial charge in [-0.05, 0) is 17.5 Å². The van der Waals surface area contributed by atoms with Crippen LogP contribution in [0.5, 0.6) is 5.75 Å². The number of Topliss-reactive ketones (excluding diaryl/α,β-unsaturated/α-hetero) is 1. The van der Waals surface area contributed by atoms with E-state index in [-0.39, 0.29) is 18.2 Å². The SMILES string of the molecule is COC(=O)CC(C)C(=O)c1ccc(OC)c2ccccc12. The molecule has 0 saturated carbocycles. The number of carbonyl (C=O) groups is 2. The summed E-state index contributed by atoms with van der Waals surface area (Å²) >= 11 is 0. The highest BCUT2D eigenvalue weighted by atomic mass is 16.5. The molecular weight excluding hydrogens is 268 g/mol. The molecule has 110 valence electrons. The van der Waals surface area contributed by atoms with E-state index in [0.717, 1.165) is 16.5 Å². The first kappa shape index (κ1) is 15.0. The van der Waals surface area contributed by atoms with Crippen LogP contribution in [-0.2, 0) is 9.53 Å². The minimum atomic E-state index is -0.422. The molecule has 0 spiro atoms. The van der Waals surface area contributed by atoms with Crippen molar-refractivity contribution in [3.05, 3.63) is 42.0 Å². The van der Waals surface area contributed by atoms with Crippen LogP contribution in [0.4, 0.5) is 0 Å². The van der Waals surface area contributed by atoms with Crippen LogP contribution in [-0.4, -0.2) is 26.0 Å². The van der Waals surface area contributed by atoms with Crippen molar-refractivity contribution in [2.75, 3.05) is 14.2 Å². The van der Waals surface area contributed by atoms with Crippen LogP contribution < -0.4 is 4.74 Å². The molecule has 0 fully saturated rings. The topological polar surface area (TPSA) is 52.6 Å². The number of ketones is 1. The minimum Gasteiger partial charge on any atom is -0.496 e. The molecule has 2 rings (SSSR count). The molecule has 2 aromatic carbocycles. The van der Waals surface area contributed by atoms with Crippen molar-refractivity contribution in [2.45, 2.75) is 13.3 Å². The lowest BCUT2D eigenvalue weighted by atomic mass is 9.92. The summed E-state index contributed by atoms with van der Waals surface area (Å²) in [6.45, 7) is 1.73. The molecule has 0 aliphatic rings. The summed E-state index contributed by atoms with van der Waals surface area (Å²) in [5, 5.41) is 1.72. The Bertz CT molecular complexity index is 676. The van der Waals surface area contributed by atoms with Crippen LogP contribution in [0.25, 0.3) is 10.8 Å². The number of ether oxygens (including phenoxy) is 2. The van der Waals surface area contributed by atoms with E-state index in [1.807, 2.05) is 24.3 Å². The normalized spacial score (nSPS) is 12.0. The Morgan fingerprint density at radius 2 is 1.71 bits per heavy atom. The fraction of sp³-hybridized carbons (Fsp3) is 0.294. The Hall–Kier alpha value is -2.36. The van der Waals surface area contributed by atoms with E-state index in [9.17, 15) is 9.59 Å². The van der Waals surface area contributed by atoms with Gasteiger partial charge >= 0.3 is 5.97 Å². The standard InChI is InChI=1S/C17H18O4/c1-11(10-16(18)21-3)17(19)14-8-9-15(20-2)13-7-5-4-6-12(13)14/h4-9,11H,10H2,1-3H3. The Kier molecular flexibility index (Phi) is 4.58. The summed E-state index contributed by atoms with van der Waals surface area (Å²) < 4.78 is 9.94. The zero-order valence-corrected chi connectivity index (χ0v) is 12.4. The summed E-state index contributed by atoms with van der Waals surface area (Å²) in [4.78, 5) is 23.9. The molecular formula is C17H18O4. The van der Waals surface area contributed by atoms with Crippen LogP contribution in [0.3, 0.4) is 0 Å². The number of methoxy groups -OCH3 is 2. The number of rotatable bonds is 5. The van der Waals surface area contributed by atoms with Crippen molar-refractivity contribution < 1.29 is 19.1 Å². The van der Waals surface area contributed by atoms with Gasteiger partial charge in [0.1, 0.15) is 5.75 Å². The van der Waals surface area contributed by atoms with E-state index in [1.54, 1.807) is 26.2 Å². The van der Waals surface area contributed by atoms with Crippen molar-refractivity contribution >= 4 is 22.5 Å². The second-order valence-corrected chi connectivity index (χ2v) is 4.91. The molecule has 1 atom stereocenters. The lowest BCUT2D eigenvalue weighted by Crippen LogP contribution is -2.17. The zero-order valence-electron chi connectivity index (χ0n) is 12.4. The number of hydrogen-bond donors (Lipinski definition) is 0. The third kappa shape index (κ3) is 3.05. The summed E-state index contributed by atoms with van der Waals surface area (Å²) in [5.74, 6) is -0.148. The quantitative estimate of drug-likeness (QED) is 0.625. The van der Waals surface area contributed by atoms with E-state index in [1.165, 1.54) is 7.11 Å². The van der Waals surface area contributed by atoms with Gasteiger partial charge in [-0.1, -0.05) is 31.2 Å². The second-order valence-electron chi connectivity index (χ2n) is 4.91. The molecule has 0 heterocycles. The van der Waals surface area contributed by atoms with E-state index >= 15 is 0 Å². The number of fused-ring (bicyclic) bond motifs is 1. The van der Waals surface area contributed by atoms with Crippen molar-refractivity contribution in [1.29, 1.82) is 0 Å². The molecule has 1 unspecified atom stereocenters. The van der Waals surface area contributed by atoms with E-state index in [2.05, 4.69) is 4.74 Å². The van der Waals surface area contributed by atoms with Gasteiger partial charge in [0.15, 0.2) is 5.78 Å². The van der Waals surface area contributed by atoms with E-state index in [4.69, 9.17) is 4.74 Å². The largest absolute Gasteiger partial charge is 0.496 e. The molecule has 0 radical (unpaired) electrons. The number of esters is 1. The first-order valence-electron chi connectivity index (χ1n) is 6.75. The lowest BCUT2D eigenvalue weighted by molar-refractivity contribution is -0.141. The van der Waals surface area contributed by atoms with Crippen LogP contribution in [0, 0.1) is 5.92 Å². The molecule has 21 heavy (non-hydrogen) atoms. The van der Waals surface area contributed by atoms with E-state index < -0.39 is 5.92 Å². The summed E-state index contributed by atoms with van der Waals surface area (Å²) in [5.41, 5.74) is 0.600. The maximum atomic E-state index is 12.6. The van der Waals surface area contributed by atoms with Gasteiger partial charge in [0, 0.05) is 16.9 Å². The highest BCUT2D eigenvalue weighted by Crippen LogP contribution is 2.30. The first-order chi connectivity index (χ1) is 10.1. The molecule has 0 saturated heterocycles. The van der Waals surface area contributed by atoms with E-state index in [0.29, 0.717) is 5.56 Å². The smallest absolute Gasteiger partial charge is 0.306 e. The molecule has 0 N–H and O–H groups in total. The highest BCUT2D eigenvalue weighted by Gasteiger charge is 2.21. The predicted molar refractivity (Wildman–Crippen MR) is 80.6 cm³/mol. The summed E-state index contributed by atoms with van der Waals surface area (Å²) in [6, 6.07) is 11.1. The maximum absolute atomic E-state index is 12.6. The maximum Gasteiger partial charge on any atom is 0.306 e. The number of benzene rings is 2. The molecule has 0 aliphatic carbocycles. The van der Waals surface area contributed by atoms with Gasteiger partial charge in [-0.25, -0.2) is 0 Å². The van der Waals surface area contributed by atoms with Crippen molar-refractivity contribution in [2.24, 2.45) is 5.92 Å². The van der Waals surface area contributed by atoms with Crippen molar-refractivity contribution in [3.63, 3.8) is 0 Å². The molecule has 2 aromatic rings. The molecule has 4 heteroatoms. The van der Waals surface area contributed by atoms with Gasteiger partial charge < -0.3 is 9.47 Å². The summed E-state index contributed by atoms with van der Waals surface area (Å²) in [7, 11) is 2.92. The van der Waals surface area contributed by atoms with Crippen molar-refractivity contribution in [1.82, 2.24) is 0 Å². The lowest BCUT2D eigenvalue weighted by Gasteiger charge is -2.13. The van der Waals surface area contributed by atoms with Crippen LogP contribution >= 0.6 is 0 Å². The average Bonchev–Trinajstić information content (AvgIpc) is 2.52. The summed E-state index contributed by atoms with van der Waals surface area (Å²) in [6.07, 6.45) is 0.0791. The van der Waals surface area contributed by atoms with Gasteiger partial charge in [0.2, 0.25) is 0 Å². The van der Waals surface area contributed by atoms with Gasteiger partial charge in [0.05, 0.1) is 20.6 Å². The van der Waals surface area contributed by atoms with Crippen LogP contribution in [0.2, 0.25) is 0 Å². The Morgan fingerprint density at radius 1 is 1.05 bits per heavy atom. The fourth-order valence-corrected chi connectivity index (χ4v) is 2.36. The highest BCUT2D eigenvalue weighted by molar-refractivity contribution is 6.11. The number of carbonyl (C=O) groups excluding carboxylic acids is 2. The average molecular weight is 286 g/mol. The number of hydrogen-bond acceptors (Lipinski definition) is 4. The fourth-order valence-electron chi connectivity index (χ4n) is 2.36. The molecule has 0 aliphatic heterocycles. The van der Waals surface area contributed by atoms with Gasteiger partial charge in [0.25, 0.3) is 0 Å². The minimum absolute atomic E-state index is 0.0701. The second kappa shape index (κ2) is 6.39.